The Labute approximate surface area is 109 Å². The van der Waals surface area contributed by atoms with E-state index >= 15 is 0 Å². The van der Waals surface area contributed by atoms with Gasteiger partial charge in [0.25, 0.3) is 11.6 Å². The number of nitrogens with zero attached hydrogens (tertiary/aromatic N) is 2. The van der Waals surface area contributed by atoms with E-state index in [0.29, 0.717) is 5.56 Å². The lowest BCUT2D eigenvalue weighted by atomic mass is 10.1. The fourth-order valence-corrected chi connectivity index (χ4v) is 1.40. The van der Waals surface area contributed by atoms with Crippen LogP contribution in [0.1, 0.15) is 15.9 Å². The minimum Gasteiger partial charge on any atom is -0.452 e. The number of amides is 1. The van der Waals surface area contributed by atoms with Crippen LogP contribution in [-0.2, 0) is 9.53 Å². The highest BCUT2D eigenvalue weighted by Gasteiger charge is 2.24. The molecule has 0 aliphatic heterocycles. The number of likely N-dealkylation sites (N-methyl/N-ethyl adjacent to an activating group) is 1. The lowest BCUT2D eigenvalue weighted by molar-refractivity contribution is -0.385. The van der Waals surface area contributed by atoms with Crippen LogP contribution in [0.2, 0.25) is 0 Å². The molecule has 19 heavy (non-hydrogen) atoms. The summed E-state index contributed by atoms with van der Waals surface area (Å²) in [6.45, 7) is 1.08. The SMILES string of the molecule is Cc1cccc(C(=O)OCC(=O)N(C)C)c1[N+](=O)[O-]. The molecule has 0 N–H and O–H groups in total. The zero-order valence-electron chi connectivity index (χ0n) is 10.9. The Morgan fingerprint density at radius 2 is 2.00 bits per heavy atom. The fourth-order valence-electron chi connectivity index (χ4n) is 1.40. The van der Waals surface area contributed by atoms with Crippen molar-refractivity contribution in [1.29, 1.82) is 0 Å². The van der Waals surface area contributed by atoms with Gasteiger partial charge in [-0.15, -0.1) is 0 Å². The van der Waals surface area contributed by atoms with Crippen LogP contribution in [-0.4, -0.2) is 42.4 Å². The van der Waals surface area contributed by atoms with Crippen molar-refractivity contribution in [2.45, 2.75) is 6.92 Å². The van der Waals surface area contributed by atoms with Crippen molar-refractivity contribution in [1.82, 2.24) is 4.90 Å². The summed E-state index contributed by atoms with van der Waals surface area (Å²) in [6, 6.07) is 4.35. The molecule has 1 amide bonds. The molecule has 0 bridgehead atoms. The maximum Gasteiger partial charge on any atom is 0.345 e. The molecule has 0 saturated carbocycles. The first kappa shape index (κ1) is 14.6. The number of rotatable bonds is 4. The Balaban J connectivity index is 2.92. The molecular formula is C12H14N2O5. The minimum atomic E-state index is -0.884. The van der Waals surface area contributed by atoms with E-state index in [1.54, 1.807) is 0 Å². The Kier molecular flexibility index (Phi) is 4.57. The second-order valence-electron chi connectivity index (χ2n) is 4.09. The molecule has 1 aromatic rings. The van der Waals surface area contributed by atoms with Gasteiger partial charge in [-0.3, -0.25) is 14.9 Å². The molecule has 0 atom stereocenters. The molecule has 0 heterocycles. The highest BCUT2D eigenvalue weighted by molar-refractivity contribution is 5.95. The minimum absolute atomic E-state index is 0.156. The largest absolute Gasteiger partial charge is 0.452 e. The fraction of sp³-hybridized carbons (Fsp3) is 0.333. The van der Waals surface area contributed by atoms with Gasteiger partial charge in [0.1, 0.15) is 5.56 Å². The Morgan fingerprint density at radius 3 is 2.53 bits per heavy atom. The molecule has 0 saturated heterocycles. The number of aryl methyl sites for hydroxylation is 1. The topological polar surface area (TPSA) is 89.8 Å². The average Bonchev–Trinajstić information content (AvgIpc) is 2.34. The molecule has 0 radical (unpaired) electrons. The van der Waals surface area contributed by atoms with E-state index in [2.05, 4.69) is 0 Å². The van der Waals surface area contributed by atoms with Gasteiger partial charge in [0.05, 0.1) is 4.92 Å². The van der Waals surface area contributed by atoms with Gasteiger partial charge >= 0.3 is 5.97 Å². The van der Waals surface area contributed by atoms with Crippen LogP contribution in [0.4, 0.5) is 5.69 Å². The van der Waals surface area contributed by atoms with Crippen LogP contribution in [0, 0.1) is 17.0 Å². The number of carbonyl (C=O) groups excluding carboxylic acids is 2. The van der Waals surface area contributed by atoms with Crippen molar-refractivity contribution in [3.05, 3.63) is 39.4 Å². The standard InChI is InChI=1S/C12H14N2O5/c1-8-5-4-6-9(11(8)14(17)18)12(16)19-7-10(15)13(2)3/h4-6H,7H2,1-3H3. The van der Waals surface area contributed by atoms with Crippen molar-refractivity contribution in [2.24, 2.45) is 0 Å². The molecule has 1 rings (SSSR count). The summed E-state index contributed by atoms with van der Waals surface area (Å²) in [5.41, 5.74) is -0.0975. The Morgan fingerprint density at radius 1 is 1.37 bits per heavy atom. The molecule has 0 spiro atoms. The van der Waals surface area contributed by atoms with Gasteiger partial charge in [-0.05, 0) is 13.0 Å². The molecule has 7 nitrogen and oxygen atoms in total. The summed E-state index contributed by atoms with van der Waals surface area (Å²) in [5, 5.41) is 10.9. The number of carbonyl (C=O) groups is 2. The van der Waals surface area contributed by atoms with Gasteiger partial charge in [-0.25, -0.2) is 4.79 Å². The van der Waals surface area contributed by atoms with Crippen LogP contribution in [0.5, 0.6) is 0 Å². The predicted octanol–water partition coefficient (Wildman–Crippen LogP) is 1.15. The van der Waals surface area contributed by atoms with Gasteiger partial charge in [0, 0.05) is 19.7 Å². The molecular weight excluding hydrogens is 252 g/mol. The van der Waals surface area contributed by atoms with Crippen molar-refractivity contribution >= 4 is 17.6 Å². The predicted molar refractivity (Wildman–Crippen MR) is 66.8 cm³/mol. The summed E-state index contributed by atoms with van der Waals surface area (Å²) in [7, 11) is 3.04. The van der Waals surface area contributed by atoms with Gasteiger partial charge < -0.3 is 9.64 Å². The first-order chi connectivity index (χ1) is 8.84. The molecule has 0 aromatic heterocycles. The monoisotopic (exact) mass is 266 g/mol. The quantitative estimate of drug-likeness (QED) is 0.463. The third kappa shape index (κ3) is 3.51. The van der Waals surface area contributed by atoms with Gasteiger partial charge in [-0.1, -0.05) is 12.1 Å². The zero-order valence-corrected chi connectivity index (χ0v) is 10.9. The lowest BCUT2D eigenvalue weighted by Crippen LogP contribution is -2.27. The molecule has 0 aliphatic rings. The van der Waals surface area contributed by atoms with E-state index in [-0.39, 0.29) is 11.3 Å². The number of ether oxygens (including phenoxy) is 1. The third-order valence-corrected chi connectivity index (χ3v) is 2.47. The van der Waals surface area contributed by atoms with Crippen LogP contribution in [0.15, 0.2) is 18.2 Å². The van der Waals surface area contributed by atoms with Crippen molar-refractivity contribution < 1.29 is 19.2 Å². The molecule has 0 fully saturated rings. The second kappa shape index (κ2) is 5.94. The molecule has 1 aromatic carbocycles. The summed E-state index contributed by atoms with van der Waals surface area (Å²) in [5.74, 6) is -1.28. The third-order valence-electron chi connectivity index (χ3n) is 2.47. The summed E-state index contributed by atoms with van der Waals surface area (Å²) in [6.07, 6.45) is 0. The van der Waals surface area contributed by atoms with Crippen molar-refractivity contribution in [2.75, 3.05) is 20.7 Å². The van der Waals surface area contributed by atoms with Gasteiger partial charge in [0.15, 0.2) is 6.61 Å². The van der Waals surface area contributed by atoms with Crippen LogP contribution < -0.4 is 0 Å². The molecule has 102 valence electrons. The average molecular weight is 266 g/mol. The van der Waals surface area contributed by atoms with E-state index in [1.165, 1.54) is 44.1 Å². The van der Waals surface area contributed by atoms with E-state index < -0.39 is 23.4 Å². The van der Waals surface area contributed by atoms with Gasteiger partial charge in [-0.2, -0.15) is 0 Å². The van der Waals surface area contributed by atoms with Crippen LogP contribution in [0.25, 0.3) is 0 Å². The Bertz CT molecular complexity index is 525. The number of esters is 1. The zero-order chi connectivity index (χ0) is 14.6. The van der Waals surface area contributed by atoms with E-state index in [1.807, 2.05) is 0 Å². The number of hydrogen-bond acceptors (Lipinski definition) is 5. The maximum absolute atomic E-state index is 11.8. The summed E-state index contributed by atoms with van der Waals surface area (Å²) in [4.78, 5) is 34.6. The summed E-state index contributed by atoms with van der Waals surface area (Å²) < 4.78 is 4.76. The van der Waals surface area contributed by atoms with Crippen LogP contribution >= 0.6 is 0 Å². The number of benzene rings is 1. The normalized spacial score (nSPS) is 9.84. The lowest BCUT2D eigenvalue weighted by Gasteiger charge is -2.10. The molecule has 7 heteroatoms. The Hall–Kier alpha value is -2.44. The summed E-state index contributed by atoms with van der Waals surface area (Å²) >= 11 is 0. The van der Waals surface area contributed by atoms with E-state index in [4.69, 9.17) is 4.74 Å². The smallest absolute Gasteiger partial charge is 0.345 e. The maximum atomic E-state index is 11.8. The number of nitro groups is 1. The number of para-hydroxylation sites is 1. The van der Waals surface area contributed by atoms with E-state index in [9.17, 15) is 19.7 Å². The molecule has 0 aliphatic carbocycles. The van der Waals surface area contributed by atoms with Gasteiger partial charge in [0.2, 0.25) is 0 Å². The van der Waals surface area contributed by atoms with Crippen molar-refractivity contribution in [3.8, 4) is 0 Å². The second-order valence-corrected chi connectivity index (χ2v) is 4.09. The first-order valence-electron chi connectivity index (χ1n) is 5.46. The van der Waals surface area contributed by atoms with Crippen LogP contribution in [0.3, 0.4) is 0 Å². The number of nitro benzene ring substituents is 1. The first-order valence-corrected chi connectivity index (χ1v) is 5.46. The highest BCUT2D eigenvalue weighted by atomic mass is 16.6. The number of hydrogen-bond donors (Lipinski definition) is 0. The highest BCUT2D eigenvalue weighted by Crippen LogP contribution is 2.23. The van der Waals surface area contributed by atoms with Crippen molar-refractivity contribution in [3.63, 3.8) is 0 Å². The van der Waals surface area contributed by atoms with E-state index in [0.717, 1.165) is 0 Å². The molecule has 0 unspecified atom stereocenters.